The fraction of sp³-hybridized carbons (Fsp3) is 0.250. The molecule has 5 heteroatoms. The molecule has 1 heterocycles. The molecule has 0 amide bonds. The zero-order valence-electron chi connectivity index (χ0n) is 14.5. The Morgan fingerprint density at radius 1 is 0.920 bits per heavy atom. The molecule has 5 nitrogen and oxygen atoms in total. The zero-order valence-corrected chi connectivity index (χ0v) is 14.5. The van der Waals surface area contributed by atoms with E-state index in [2.05, 4.69) is 0 Å². The molecule has 0 saturated heterocycles. The number of ketones is 1. The van der Waals surface area contributed by atoms with Crippen molar-refractivity contribution < 1.29 is 23.4 Å². The van der Waals surface area contributed by atoms with Crippen molar-refractivity contribution in [3.63, 3.8) is 0 Å². The average Bonchev–Trinajstić information content (AvgIpc) is 3.14. The van der Waals surface area contributed by atoms with Crippen LogP contribution in [0.15, 0.2) is 47.1 Å². The lowest BCUT2D eigenvalue weighted by Gasteiger charge is -2.16. The van der Waals surface area contributed by atoms with Crippen molar-refractivity contribution in [3.05, 3.63) is 53.8 Å². The van der Waals surface area contributed by atoms with Gasteiger partial charge in [0.15, 0.2) is 17.1 Å². The third kappa shape index (κ3) is 3.05. The van der Waals surface area contributed by atoms with E-state index in [1.165, 1.54) is 27.6 Å². The summed E-state index contributed by atoms with van der Waals surface area (Å²) in [4.78, 5) is 13.0. The number of fused-ring (bicyclic) bond motifs is 1. The van der Waals surface area contributed by atoms with Crippen LogP contribution in [0.4, 0.5) is 0 Å². The van der Waals surface area contributed by atoms with Crippen LogP contribution in [0.5, 0.6) is 17.2 Å². The first-order valence-corrected chi connectivity index (χ1v) is 7.97. The van der Waals surface area contributed by atoms with E-state index in [0.717, 1.165) is 5.56 Å². The quantitative estimate of drug-likeness (QED) is 0.601. The molecular formula is C20H20O5. The molecule has 130 valence electrons. The molecule has 3 aromatic rings. The van der Waals surface area contributed by atoms with Crippen molar-refractivity contribution in [1.82, 2.24) is 0 Å². The molecule has 0 spiro atoms. The molecule has 0 aliphatic carbocycles. The van der Waals surface area contributed by atoms with Crippen LogP contribution in [0.2, 0.25) is 0 Å². The molecule has 0 unspecified atom stereocenters. The normalized spacial score (nSPS) is 10.7. The molecule has 0 bridgehead atoms. The summed E-state index contributed by atoms with van der Waals surface area (Å²) in [7, 11) is 4.55. The third-order valence-corrected chi connectivity index (χ3v) is 4.15. The Morgan fingerprint density at radius 2 is 1.60 bits per heavy atom. The summed E-state index contributed by atoms with van der Waals surface area (Å²) >= 11 is 0. The molecule has 0 fully saturated rings. The van der Waals surface area contributed by atoms with Crippen LogP contribution in [0, 0.1) is 0 Å². The van der Waals surface area contributed by atoms with Gasteiger partial charge in [0.05, 0.1) is 33.0 Å². The van der Waals surface area contributed by atoms with Crippen molar-refractivity contribution in [3.8, 4) is 17.2 Å². The summed E-state index contributed by atoms with van der Waals surface area (Å²) in [5, 5.41) is 0.684. The van der Waals surface area contributed by atoms with Crippen molar-refractivity contribution in [2.24, 2.45) is 0 Å². The molecule has 25 heavy (non-hydrogen) atoms. The molecule has 0 atom stereocenters. The van der Waals surface area contributed by atoms with Gasteiger partial charge in [-0.3, -0.25) is 4.79 Å². The minimum atomic E-state index is -0.0704. The van der Waals surface area contributed by atoms with Crippen LogP contribution in [0.25, 0.3) is 11.0 Å². The number of carbonyl (C=O) groups is 1. The molecule has 0 saturated carbocycles. The van der Waals surface area contributed by atoms with Gasteiger partial charge in [0, 0.05) is 6.42 Å². The summed E-state index contributed by atoms with van der Waals surface area (Å²) in [6, 6.07) is 11.6. The molecule has 1 aromatic heterocycles. The number of furan rings is 1. The highest BCUT2D eigenvalue weighted by Gasteiger charge is 2.28. The Hall–Kier alpha value is -2.95. The fourth-order valence-corrected chi connectivity index (χ4v) is 2.99. The molecule has 3 rings (SSSR count). The summed E-state index contributed by atoms with van der Waals surface area (Å²) in [6.45, 7) is 0. The second-order valence-corrected chi connectivity index (χ2v) is 5.55. The summed E-state index contributed by atoms with van der Waals surface area (Å²) in [5.41, 5.74) is 1.98. The Balaban J connectivity index is 2.05. The summed E-state index contributed by atoms with van der Waals surface area (Å²) in [5.74, 6) is 1.10. The smallest absolute Gasteiger partial charge is 0.205 e. The highest BCUT2D eigenvalue weighted by atomic mass is 16.5. The number of hydrogen-bond acceptors (Lipinski definition) is 5. The van der Waals surface area contributed by atoms with Crippen LogP contribution in [0.3, 0.4) is 0 Å². The Bertz CT molecular complexity index is 880. The second kappa shape index (κ2) is 7.30. The van der Waals surface area contributed by atoms with Gasteiger partial charge in [-0.1, -0.05) is 30.3 Å². The van der Waals surface area contributed by atoms with Crippen molar-refractivity contribution in [2.75, 3.05) is 21.3 Å². The summed E-state index contributed by atoms with van der Waals surface area (Å²) in [6.07, 6.45) is 2.51. The van der Waals surface area contributed by atoms with Crippen molar-refractivity contribution in [2.45, 2.75) is 12.8 Å². The largest absolute Gasteiger partial charge is 0.495 e. The first-order chi connectivity index (χ1) is 12.2. The lowest BCUT2D eigenvalue weighted by atomic mass is 9.99. The predicted octanol–water partition coefficient (Wildman–Crippen LogP) is 4.27. The van der Waals surface area contributed by atoms with Crippen LogP contribution in [-0.4, -0.2) is 27.1 Å². The highest BCUT2D eigenvalue weighted by molar-refractivity contribution is 6.09. The van der Waals surface area contributed by atoms with E-state index in [-0.39, 0.29) is 5.78 Å². The number of benzene rings is 2. The number of methoxy groups -OCH3 is 3. The third-order valence-electron chi connectivity index (χ3n) is 4.15. The Morgan fingerprint density at radius 3 is 2.24 bits per heavy atom. The van der Waals surface area contributed by atoms with E-state index >= 15 is 0 Å². The second-order valence-electron chi connectivity index (χ2n) is 5.55. The maximum Gasteiger partial charge on any atom is 0.205 e. The zero-order chi connectivity index (χ0) is 17.8. The van der Waals surface area contributed by atoms with Gasteiger partial charge < -0.3 is 18.6 Å². The van der Waals surface area contributed by atoms with Gasteiger partial charge in [-0.2, -0.15) is 0 Å². The number of Topliss-reactive ketones (excluding diaryl/α,β-unsaturated/α-hetero) is 1. The van der Waals surface area contributed by atoms with Crippen LogP contribution < -0.4 is 14.2 Å². The summed E-state index contributed by atoms with van der Waals surface area (Å²) < 4.78 is 21.9. The number of aryl methyl sites for hydroxylation is 1. The molecule has 0 aliphatic rings. The fourth-order valence-electron chi connectivity index (χ4n) is 2.99. The van der Waals surface area contributed by atoms with Gasteiger partial charge in [0.25, 0.3) is 0 Å². The van der Waals surface area contributed by atoms with E-state index in [0.29, 0.717) is 46.6 Å². The maximum atomic E-state index is 13.0. The Labute approximate surface area is 146 Å². The molecule has 2 aromatic carbocycles. The molecule has 0 N–H and O–H groups in total. The van der Waals surface area contributed by atoms with Gasteiger partial charge in [-0.05, 0) is 18.1 Å². The lowest BCUT2D eigenvalue weighted by Crippen LogP contribution is -2.08. The number of carbonyl (C=O) groups excluding carboxylic acids is 1. The predicted molar refractivity (Wildman–Crippen MR) is 95.0 cm³/mol. The van der Waals surface area contributed by atoms with Gasteiger partial charge in [0.1, 0.15) is 11.3 Å². The van der Waals surface area contributed by atoms with Crippen molar-refractivity contribution >= 4 is 16.8 Å². The molecular weight excluding hydrogens is 320 g/mol. The average molecular weight is 340 g/mol. The van der Waals surface area contributed by atoms with E-state index in [1.54, 1.807) is 6.07 Å². The van der Waals surface area contributed by atoms with E-state index in [1.807, 2.05) is 30.3 Å². The van der Waals surface area contributed by atoms with E-state index < -0.39 is 0 Å². The number of ether oxygens (including phenoxy) is 3. The standard InChI is InChI=1S/C20H20O5/c1-22-17-14-11-12-25-18(14)20(24-3)19(23-2)16(17)15(21)10-9-13-7-5-4-6-8-13/h4-8,11-12H,9-10H2,1-3H3. The molecule has 0 radical (unpaired) electrons. The van der Waals surface area contributed by atoms with Gasteiger partial charge in [0.2, 0.25) is 5.75 Å². The molecule has 0 aliphatic heterocycles. The maximum absolute atomic E-state index is 13.0. The van der Waals surface area contributed by atoms with E-state index in [4.69, 9.17) is 18.6 Å². The van der Waals surface area contributed by atoms with Gasteiger partial charge in [-0.15, -0.1) is 0 Å². The highest BCUT2D eigenvalue weighted by Crippen LogP contribution is 2.46. The number of hydrogen-bond donors (Lipinski definition) is 0. The van der Waals surface area contributed by atoms with E-state index in [9.17, 15) is 4.79 Å². The number of rotatable bonds is 7. The minimum Gasteiger partial charge on any atom is -0.495 e. The SMILES string of the molecule is COc1c(C(=O)CCc2ccccc2)c(OC)c2ccoc2c1OC. The Kier molecular flexibility index (Phi) is 4.93. The van der Waals surface area contributed by atoms with Gasteiger partial charge >= 0.3 is 0 Å². The van der Waals surface area contributed by atoms with Gasteiger partial charge in [-0.25, -0.2) is 0 Å². The van der Waals surface area contributed by atoms with Crippen LogP contribution >= 0.6 is 0 Å². The van der Waals surface area contributed by atoms with Crippen LogP contribution in [-0.2, 0) is 6.42 Å². The topological polar surface area (TPSA) is 57.9 Å². The first kappa shape index (κ1) is 16.9. The minimum absolute atomic E-state index is 0.0704. The monoisotopic (exact) mass is 340 g/mol. The van der Waals surface area contributed by atoms with Crippen LogP contribution in [0.1, 0.15) is 22.3 Å². The van der Waals surface area contributed by atoms with Crippen molar-refractivity contribution in [1.29, 1.82) is 0 Å². The lowest BCUT2D eigenvalue weighted by molar-refractivity contribution is 0.0976. The first-order valence-electron chi connectivity index (χ1n) is 7.97.